The molecule has 7 heteroatoms. The molecule has 2 rings (SSSR count). The van der Waals surface area contributed by atoms with Crippen molar-refractivity contribution in [2.75, 3.05) is 0 Å². The average Bonchev–Trinajstić information content (AvgIpc) is 2.46. The van der Waals surface area contributed by atoms with Crippen molar-refractivity contribution in [1.82, 2.24) is 0 Å². The predicted molar refractivity (Wildman–Crippen MR) is 78.7 cm³/mol. The van der Waals surface area contributed by atoms with Gasteiger partial charge in [-0.1, -0.05) is 41.4 Å². The zero-order valence-corrected chi connectivity index (χ0v) is 12.1. The van der Waals surface area contributed by atoms with E-state index in [1.54, 1.807) is 18.2 Å². The van der Waals surface area contributed by atoms with E-state index in [1.807, 2.05) is 0 Å². The van der Waals surface area contributed by atoms with Gasteiger partial charge in [0.05, 0.1) is 4.92 Å². The molecule has 0 bridgehead atoms. The van der Waals surface area contributed by atoms with Crippen LogP contribution >= 0.6 is 23.2 Å². The first-order valence-electron chi connectivity index (χ1n) is 5.84. The van der Waals surface area contributed by atoms with Crippen molar-refractivity contribution >= 4 is 34.9 Å². The number of hydrogen-bond donors (Lipinski definition) is 0. The Morgan fingerprint density at radius 1 is 1.10 bits per heavy atom. The number of para-hydroxylation sites is 1. The van der Waals surface area contributed by atoms with Gasteiger partial charge in [0, 0.05) is 21.7 Å². The molecule has 0 unspecified atom stereocenters. The molecule has 0 spiro atoms. The Hall–Kier alpha value is -2.11. The van der Waals surface area contributed by atoms with Gasteiger partial charge in [-0.05, 0) is 18.2 Å². The molecule has 5 nitrogen and oxygen atoms in total. The van der Waals surface area contributed by atoms with Crippen LogP contribution in [0.4, 0.5) is 5.69 Å². The third-order valence-corrected chi connectivity index (χ3v) is 3.44. The fourth-order valence-electron chi connectivity index (χ4n) is 1.69. The van der Waals surface area contributed by atoms with Gasteiger partial charge in [-0.25, -0.2) is 4.79 Å². The van der Waals surface area contributed by atoms with Crippen molar-refractivity contribution in [1.29, 1.82) is 0 Å². The van der Waals surface area contributed by atoms with Crippen molar-refractivity contribution in [3.05, 3.63) is 73.8 Å². The number of carbonyl (C=O) groups is 1. The maximum Gasteiger partial charge on any atom is 0.345 e. The summed E-state index contributed by atoms with van der Waals surface area (Å²) in [5.74, 6) is -0.807. The van der Waals surface area contributed by atoms with Crippen LogP contribution in [-0.2, 0) is 11.3 Å². The number of halogens is 2. The minimum absolute atomic E-state index is 0.120. The first-order valence-corrected chi connectivity index (χ1v) is 6.59. The van der Waals surface area contributed by atoms with Crippen LogP contribution < -0.4 is 0 Å². The van der Waals surface area contributed by atoms with E-state index >= 15 is 0 Å². The Bertz CT molecular complexity index is 683. The van der Waals surface area contributed by atoms with Gasteiger partial charge in [0.1, 0.15) is 12.2 Å². The average molecular weight is 326 g/mol. The number of benzene rings is 2. The van der Waals surface area contributed by atoms with E-state index in [1.165, 1.54) is 24.3 Å². The molecule has 0 fully saturated rings. The number of ether oxygens (including phenoxy) is 1. The molecular formula is C14H9Cl2NO4. The molecule has 0 aliphatic rings. The molecule has 2 aromatic rings. The number of nitro benzene ring substituents is 1. The minimum atomic E-state index is -0.807. The van der Waals surface area contributed by atoms with Crippen LogP contribution in [0.25, 0.3) is 0 Å². The molecule has 0 saturated heterocycles. The van der Waals surface area contributed by atoms with Crippen LogP contribution in [0.5, 0.6) is 0 Å². The number of carbonyl (C=O) groups excluding carboxylic acids is 1. The lowest BCUT2D eigenvalue weighted by Gasteiger charge is -2.08. The van der Waals surface area contributed by atoms with Crippen LogP contribution in [0.2, 0.25) is 10.0 Å². The Balaban J connectivity index is 2.18. The zero-order valence-electron chi connectivity index (χ0n) is 10.6. The van der Waals surface area contributed by atoms with Crippen molar-refractivity contribution in [2.24, 2.45) is 0 Å². The highest BCUT2D eigenvalue weighted by atomic mass is 35.5. The maximum atomic E-state index is 12.0. The van der Waals surface area contributed by atoms with Crippen LogP contribution in [0.15, 0.2) is 42.5 Å². The third-order valence-electron chi connectivity index (χ3n) is 2.73. The summed E-state index contributed by atoms with van der Waals surface area (Å²) in [5.41, 5.74) is 0.0196. The molecule has 0 saturated carbocycles. The van der Waals surface area contributed by atoms with E-state index in [4.69, 9.17) is 27.9 Å². The summed E-state index contributed by atoms with van der Waals surface area (Å²) in [5, 5.41) is 11.6. The largest absolute Gasteiger partial charge is 0.457 e. The van der Waals surface area contributed by atoms with Gasteiger partial charge in [-0.2, -0.15) is 0 Å². The van der Waals surface area contributed by atoms with E-state index in [0.717, 1.165) is 0 Å². The van der Waals surface area contributed by atoms with Crippen LogP contribution in [0.1, 0.15) is 15.9 Å². The summed E-state index contributed by atoms with van der Waals surface area (Å²) in [6.45, 7) is -0.163. The number of nitro groups is 1. The summed E-state index contributed by atoms with van der Waals surface area (Å²) in [6.07, 6.45) is 0. The first kappa shape index (κ1) is 15.3. The molecule has 0 heterocycles. The van der Waals surface area contributed by atoms with Gasteiger partial charge in [0.25, 0.3) is 5.69 Å². The highest BCUT2D eigenvalue weighted by Crippen LogP contribution is 2.26. The molecule has 0 amide bonds. The van der Waals surface area contributed by atoms with Gasteiger partial charge in [0.15, 0.2) is 0 Å². The summed E-state index contributed by atoms with van der Waals surface area (Å²) in [7, 11) is 0. The second-order valence-corrected chi connectivity index (χ2v) is 4.87. The summed E-state index contributed by atoms with van der Waals surface area (Å²) in [6, 6.07) is 10.4. The van der Waals surface area contributed by atoms with Gasteiger partial charge < -0.3 is 4.74 Å². The fourth-order valence-corrected chi connectivity index (χ4v) is 2.20. The number of rotatable bonds is 4. The van der Waals surface area contributed by atoms with Crippen LogP contribution in [0.3, 0.4) is 0 Å². The smallest absolute Gasteiger partial charge is 0.345 e. The van der Waals surface area contributed by atoms with Crippen molar-refractivity contribution in [3.8, 4) is 0 Å². The molecule has 0 N–H and O–H groups in total. The van der Waals surface area contributed by atoms with Gasteiger partial charge in [-0.15, -0.1) is 0 Å². The molecule has 0 atom stereocenters. The molecule has 0 aliphatic heterocycles. The van der Waals surface area contributed by atoms with Crippen molar-refractivity contribution in [3.63, 3.8) is 0 Å². The number of nitrogens with zero attached hydrogens (tertiary/aromatic N) is 1. The Morgan fingerprint density at radius 3 is 2.33 bits per heavy atom. The first-order chi connectivity index (χ1) is 10.0. The Morgan fingerprint density at radius 2 is 1.71 bits per heavy atom. The van der Waals surface area contributed by atoms with E-state index < -0.39 is 10.9 Å². The lowest BCUT2D eigenvalue weighted by atomic mass is 10.2. The summed E-state index contributed by atoms with van der Waals surface area (Å²) in [4.78, 5) is 22.2. The Kier molecular flexibility index (Phi) is 4.77. The van der Waals surface area contributed by atoms with E-state index in [0.29, 0.717) is 15.6 Å². The monoisotopic (exact) mass is 325 g/mol. The molecule has 2 aromatic carbocycles. The lowest BCUT2D eigenvalue weighted by Crippen LogP contribution is -2.08. The fraction of sp³-hybridized carbons (Fsp3) is 0.0714. The van der Waals surface area contributed by atoms with Crippen molar-refractivity contribution in [2.45, 2.75) is 6.61 Å². The second kappa shape index (κ2) is 6.56. The predicted octanol–water partition coefficient (Wildman–Crippen LogP) is 4.26. The van der Waals surface area contributed by atoms with Gasteiger partial charge >= 0.3 is 5.97 Å². The van der Waals surface area contributed by atoms with E-state index in [-0.39, 0.29) is 17.9 Å². The number of hydrogen-bond acceptors (Lipinski definition) is 4. The molecule has 0 aromatic heterocycles. The molecular weight excluding hydrogens is 317 g/mol. The second-order valence-electron chi connectivity index (χ2n) is 4.05. The third kappa shape index (κ3) is 3.51. The van der Waals surface area contributed by atoms with Crippen LogP contribution in [0, 0.1) is 10.1 Å². The normalized spacial score (nSPS) is 10.2. The van der Waals surface area contributed by atoms with Gasteiger partial charge in [0.2, 0.25) is 0 Å². The molecule has 108 valence electrons. The van der Waals surface area contributed by atoms with Crippen LogP contribution in [-0.4, -0.2) is 10.9 Å². The van der Waals surface area contributed by atoms with E-state index in [9.17, 15) is 14.9 Å². The van der Waals surface area contributed by atoms with Gasteiger partial charge in [-0.3, -0.25) is 10.1 Å². The van der Waals surface area contributed by atoms with Crippen molar-refractivity contribution < 1.29 is 14.5 Å². The molecule has 0 aliphatic carbocycles. The topological polar surface area (TPSA) is 69.4 Å². The summed E-state index contributed by atoms with van der Waals surface area (Å²) >= 11 is 11.9. The maximum absolute atomic E-state index is 12.0. The molecule has 21 heavy (non-hydrogen) atoms. The quantitative estimate of drug-likeness (QED) is 0.478. The van der Waals surface area contributed by atoms with E-state index in [2.05, 4.69) is 0 Å². The summed E-state index contributed by atoms with van der Waals surface area (Å²) < 4.78 is 5.05. The Labute approximate surface area is 130 Å². The SMILES string of the molecule is O=C(OCc1c(Cl)cccc1Cl)c1ccccc1[N+](=O)[O-]. The molecule has 0 radical (unpaired) electrons. The zero-order chi connectivity index (χ0) is 15.4. The number of esters is 1. The minimum Gasteiger partial charge on any atom is -0.457 e. The standard InChI is InChI=1S/C14H9Cl2NO4/c15-11-5-3-6-12(16)10(11)8-21-14(18)9-4-1-2-7-13(9)17(19)20/h1-7H,8H2. The highest BCUT2D eigenvalue weighted by Gasteiger charge is 2.21. The highest BCUT2D eigenvalue weighted by molar-refractivity contribution is 6.35. The lowest BCUT2D eigenvalue weighted by molar-refractivity contribution is -0.385.